The molecule has 0 saturated carbocycles. The zero-order valence-corrected chi connectivity index (χ0v) is 13.8. The van der Waals surface area contributed by atoms with Crippen LogP contribution in [0, 0.1) is 5.41 Å². The summed E-state index contributed by atoms with van der Waals surface area (Å²) in [6.45, 7) is 16.1. The lowest BCUT2D eigenvalue weighted by atomic mass is 9.87. The van der Waals surface area contributed by atoms with E-state index in [1.807, 2.05) is 0 Å². The molecule has 2 heteroatoms. The van der Waals surface area contributed by atoms with E-state index in [1.54, 1.807) is 0 Å². The Morgan fingerprint density at radius 1 is 0.944 bits per heavy atom. The lowest BCUT2D eigenvalue weighted by Crippen LogP contribution is -2.39. The van der Waals surface area contributed by atoms with E-state index in [2.05, 4.69) is 58.8 Å². The molecule has 0 aromatic carbocycles. The Labute approximate surface area is 116 Å². The maximum atomic E-state index is 3.47. The number of nitrogens with zero attached hydrogens (tertiary/aromatic N) is 1. The fraction of sp³-hybridized carbons (Fsp3) is 1.00. The Morgan fingerprint density at radius 2 is 1.50 bits per heavy atom. The van der Waals surface area contributed by atoms with Crippen LogP contribution in [0.25, 0.3) is 0 Å². The van der Waals surface area contributed by atoms with Crippen LogP contribution in [0.5, 0.6) is 0 Å². The quantitative estimate of drug-likeness (QED) is 0.629. The lowest BCUT2D eigenvalue weighted by molar-refractivity contribution is 0.139. The van der Waals surface area contributed by atoms with Crippen LogP contribution in [0.4, 0.5) is 0 Å². The normalized spacial score (nSPS) is 14.5. The third-order valence-electron chi connectivity index (χ3n) is 3.90. The summed E-state index contributed by atoms with van der Waals surface area (Å²) in [7, 11) is 2.26. The number of rotatable bonds is 9. The van der Waals surface area contributed by atoms with Gasteiger partial charge in [-0.05, 0) is 45.3 Å². The maximum Gasteiger partial charge on any atom is 0.0112 e. The first-order chi connectivity index (χ1) is 8.25. The number of unbranched alkanes of at least 4 members (excludes halogenated alkanes) is 3. The van der Waals surface area contributed by atoms with E-state index in [1.165, 1.54) is 38.8 Å². The van der Waals surface area contributed by atoms with Crippen molar-refractivity contribution < 1.29 is 0 Å². The monoisotopic (exact) mass is 256 g/mol. The van der Waals surface area contributed by atoms with E-state index < -0.39 is 0 Å². The topological polar surface area (TPSA) is 15.3 Å². The van der Waals surface area contributed by atoms with E-state index in [0.717, 1.165) is 0 Å². The predicted molar refractivity (Wildman–Crippen MR) is 83.2 cm³/mol. The first-order valence-electron chi connectivity index (χ1n) is 7.68. The molecule has 0 aromatic rings. The fourth-order valence-electron chi connectivity index (χ4n) is 2.09. The van der Waals surface area contributed by atoms with Gasteiger partial charge in [-0.15, -0.1) is 0 Å². The number of hydrogen-bond acceptors (Lipinski definition) is 2. The largest absolute Gasteiger partial charge is 0.315 e. The molecule has 0 spiro atoms. The molecule has 0 radical (unpaired) electrons. The zero-order valence-electron chi connectivity index (χ0n) is 13.8. The second kappa shape index (κ2) is 8.92. The molecular weight excluding hydrogens is 220 g/mol. The van der Waals surface area contributed by atoms with Crippen LogP contribution in [0.1, 0.15) is 67.2 Å². The van der Waals surface area contributed by atoms with Crippen molar-refractivity contribution in [3.8, 4) is 0 Å². The highest BCUT2D eigenvalue weighted by Gasteiger charge is 2.23. The van der Waals surface area contributed by atoms with Crippen molar-refractivity contribution in [1.82, 2.24) is 10.2 Å². The minimum absolute atomic E-state index is 0.385. The summed E-state index contributed by atoms with van der Waals surface area (Å²) in [6, 6.07) is 1.28. The standard InChI is InChI=1S/C16H36N2/c1-14(2)17-12-10-8-9-11-13-18(7)15(3)16(4,5)6/h14-15,17H,8-13H2,1-7H3. The Bertz CT molecular complexity index is 194. The molecule has 110 valence electrons. The van der Waals surface area contributed by atoms with Crippen LogP contribution in [-0.2, 0) is 0 Å². The molecule has 18 heavy (non-hydrogen) atoms. The molecule has 0 rings (SSSR count). The summed E-state index contributed by atoms with van der Waals surface area (Å²) >= 11 is 0. The first kappa shape index (κ1) is 17.9. The molecule has 1 unspecified atom stereocenters. The summed E-state index contributed by atoms with van der Waals surface area (Å²) in [6.07, 6.45) is 5.37. The Hall–Kier alpha value is -0.0800. The second-order valence-electron chi connectivity index (χ2n) is 7.05. The van der Waals surface area contributed by atoms with Gasteiger partial charge in [-0.1, -0.05) is 47.5 Å². The molecule has 1 atom stereocenters. The van der Waals surface area contributed by atoms with Gasteiger partial charge in [0, 0.05) is 12.1 Å². The van der Waals surface area contributed by atoms with E-state index >= 15 is 0 Å². The second-order valence-corrected chi connectivity index (χ2v) is 7.05. The fourth-order valence-corrected chi connectivity index (χ4v) is 2.09. The van der Waals surface area contributed by atoms with Crippen molar-refractivity contribution in [3.05, 3.63) is 0 Å². The molecule has 0 aromatic heterocycles. The number of hydrogen-bond donors (Lipinski definition) is 1. The van der Waals surface area contributed by atoms with E-state index in [4.69, 9.17) is 0 Å². The molecule has 0 fully saturated rings. The Balaban J connectivity index is 3.49. The molecule has 0 saturated heterocycles. The van der Waals surface area contributed by atoms with E-state index in [9.17, 15) is 0 Å². The minimum Gasteiger partial charge on any atom is -0.315 e. The van der Waals surface area contributed by atoms with Crippen molar-refractivity contribution in [3.63, 3.8) is 0 Å². The highest BCUT2D eigenvalue weighted by atomic mass is 15.1. The van der Waals surface area contributed by atoms with Gasteiger partial charge in [-0.2, -0.15) is 0 Å². The smallest absolute Gasteiger partial charge is 0.0112 e. The average molecular weight is 256 g/mol. The average Bonchev–Trinajstić information content (AvgIpc) is 2.24. The van der Waals surface area contributed by atoms with Gasteiger partial charge in [0.25, 0.3) is 0 Å². The van der Waals surface area contributed by atoms with Crippen molar-refractivity contribution in [2.45, 2.75) is 79.3 Å². The molecule has 0 amide bonds. The highest BCUT2D eigenvalue weighted by Crippen LogP contribution is 2.23. The van der Waals surface area contributed by atoms with Crippen LogP contribution in [0.2, 0.25) is 0 Å². The van der Waals surface area contributed by atoms with Crippen molar-refractivity contribution in [1.29, 1.82) is 0 Å². The van der Waals surface area contributed by atoms with Crippen molar-refractivity contribution in [2.24, 2.45) is 5.41 Å². The molecule has 0 aliphatic rings. The van der Waals surface area contributed by atoms with Gasteiger partial charge >= 0.3 is 0 Å². The predicted octanol–water partition coefficient (Wildman–Crippen LogP) is 3.91. The molecule has 0 aliphatic heterocycles. The summed E-state index contributed by atoms with van der Waals surface area (Å²) in [4.78, 5) is 2.51. The van der Waals surface area contributed by atoms with Gasteiger partial charge in [0.15, 0.2) is 0 Å². The van der Waals surface area contributed by atoms with Gasteiger partial charge in [-0.25, -0.2) is 0 Å². The summed E-state index contributed by atoms with van der Waals surface area (Å²) in [5, 5.41) is 3.47. The zero-order chi connectivity index (χ0) is 14.2. The molecule has 0 bridgehead atoms. The molecule has 1 N–H and O–H groups in total. The van der Waals surface area contributed by atoms with Gasteiger partial charge < -0.3 is 10.2 Å². The van der Waals surface area contributed by atoms with Crippen LogP contribution in [0.3, 0.4) is 0 Å². The summed E-state index contributed by atoms with van der Waals surface area (Å²) < 4.78 is 0. The minimum atomic E-state index is 0.385. The van der Waals surface area contributed by atoms with Crippen LogP contribution in [0.15, 0.2) is 0 Å². The van der Waals surface area contributed by atoms with Crippen molar-refractivity contribution in [2.75, 3.05) is 20.1 Å². The van der Waals surface area contributed by atoms with Gasteiger partial charge in [0.2, 0.25) is 0 Å². The molecule has 2 nitrogen and oxygen atoms in total. The summed E-state index contributed by atoms with van der Waals surface area (Å²) in [5.41, 5.74) is 0.385. The van der Waals surface area contributed by atoms with Crippen LogP contribution in [-0.4, -0.2) is 37.1 Å². The van der Waals surface area contributed by atoms with Crippen LogP contribution < -0.4 is 5.32 Å². The summed E-state index contributed by atoms with van der Waals surface area (Å²) in [5.74, 6) is 0. The maximum absolute atomic E-state index is 3.47. The Morgan fingerprint density at radius 3 is 2.00 bits per heavy atom. The SMILES string of the molecule is CC(C)NCCCCCCN(C)C(C)C(C)(C)C. The lowest BCUT2D eigenvalue weighted by Gasteiger charge is -2.35. The highest BCUT2D eigenvalue weighted by molar-refractivity contribution is 4.77. The van der Waals surface area contributed by atoms with E-state index in [0.29, 0.717) is 17.5 Å². The van der Waals surface area contributed by atoms with Gasteiger partial charge in [-0.3, -0.25) is 0 Å². The van der Waals surface area contributed by atoms with E-state index in [-0.39, 0.29) is 0 Å². The van der Waals surface area contributed by atoms with Gasteiger partial charge in [0.05, 0.1) is 0 Å². The number of nitrogens with one attached hydrogen (secondary N) is 1. The van der Waals surface area contributed by atoms with Crippen LogP contribution >= 0.6 is 0 Å². The van der Waals surface area contributed by atoms with Crippen molar-refractivity contribution >= 4 is 0 Å². The van der Waals surface area contributed by atoms with Gasteiger partial charge in [0.1, 0.15) is 0 Å². The first-order valence-corrected chi connectivity index (χ1v) is 7.68. The molecular formula is C16H36N2. The Kier molecular flexibility index (Phi) is 8.89. The third kappa shape index (κ3) is 8.93. The molecule has 0 aliphatic carbocycles. The third-order valence-corrected chi connectivity index (χ3v) is 3.90. The molecule has 0 heterocycles.